The lowest BCUT2D eigenvalue weighted by atomic mass is 10.2. The Hall–Kier alpha value is -1.64. The minimum absolute atomic E-state index is 0.137. The first-order valence-corrected chi connectivity index (χ1v) is 11.6. The largest absolute Gasteiger partial charge is 0.464 e. The molecule has 2 heterocycles. The van der Waals surface area contributed by atoms with Crippen LogP contribution in [-0.2, 0) is 19.6 Å². The molecule has 1 aliphatic rings. The van der Waals surface area contributed by atoms with Crippen LogP contribution in [0.4, 0.5) is 0 Å². The molecule has 0 radical (unpaired) electrons. The first-order chi connectivity index (χ1) is 13.0. The summed E-state index contributed by atoms with van der Waals surface area (Å²) in [5, 5.41) is 0.473. The molecule has 0 amide bonds. The van der Waals surface area contributed by atoms with Crippen LogP contribution >= 0.6 is 11.8 Å². The van der Waals surface area contributed by atoms with Gasteiger partial charge in [0.15, 0.2) is 0 Å². The lowest BCUT2D eigenvalue weighted by Gasteiger charge is -2.27. The van der Waals surface area contributed by atoms with Crippen molar-refractivity contribution in [2.75, 3.05) is 12.4 Å². The number of hydrogen-bond donors (Lipinski definition) is 0. The average molecular weight is 409 g/mol. The molecule has 1 fully saturated rings. The second-order valence-electron chi connectivity index (χ2n) is 6.43. The van der Waals surface area contributed by atoms with Gasteiger partial charge in [0.05, 0.1) is 17.5 Å². The molecule has 8 heteroatoms. The molecule has 146 valence electrons. The number of fused-ring (bicyclic) bond motifs is 1. The molecule has 1 saturated heterocycles. The molecular weight excluding hydrogens is 384 g/mol. The highest BCUT2D eigenvalue weighted by Gasteiger charge is 2.47. The van der Waals surface area contributed by atoms with Crippen molar-refractivity contribution in [1.82, 2.24) is 9.29 Å². The second kappa shape index (κ2) is 8.58. The summed E-state index contributed by atoms with van der Waals surface area (Å²) < 4.78 is 33.8. The van der Waals surface area contributed by atoms with Gasteiger partial charge in [-0.15, -0.1) is 11.8 Å². The summed E-state index contributed by atoms with van der Waals surface area (Å²) in [7, 11) is -3.91. The van der Waals surface area contributed by atoms with E-state index in [1.54, 1.807) is 24.4 Å². The third-order valence-electron chi connectivity index (χ3n) is 4.44. The summed E-state index contributed by atoms with van der Waals surface area (Å²) in [5.41, 5.74) is 0.424. The van der Waals surface area contributed by atoms with Gasteiger partial charge >= 0.3 is 5.97 Å². The number of thioether (sulfide) groups is 1. The van der Waals surface area contributed by atoms with E-state index in [0.717, 1.165) is 11.8 Å². The van der Waals surface area contributed by atoms with Crippen molar-refractivity contribution in [3.63, 3.8) is 0 Å². The van der Waals surface area contributed by atoms with Crippen LogP contribution in [-0.4, -0.2) is 47.5 Å². The quantitative estimate of drug-likeness (QED) is 0.654. The fourth-order valence-electron chi connectivity index (χ4n) is 3.20. The second-order valence-corrected chi connectivity index (χ2v) is 9.45. The monoisotopic (exact) mass is 408 g/mol. The van der Waals surface area contributed by atoms with Crippen molar-refractivity contribution in [3.8, 4) is 0 Å². The highest BCUT2D eigenvalue weighted by molar-refractivity contribution is 8.01. The highest BCUT2D eigenvalue weighted by atomic mass is 32.2. The molecular formula is C19H24N2O4S2. The van der Waals surface area contributed by atoms with Crippen LogP contribution in [0.3, 0.4) is 0 Å². The summed E-state index contributed by atoms with van der Waals surface area (Å²) in [6.07, 6.45) is 3.79. The first kappa shape index (κ1) is 20.1. The molecule has 27 heavy (non-hydrogen) atoms. The smallest absolute Gasteiger partial charge is 0.325 e. The fourth-order valence-corrected chi connectivity index (χ4v) is 7.02. The van der Waals surface area contributed by atoms with Crippen molar-refractivity contribution < 1.29 is 17.9 Å². The van der Waals surface area contributed by atoms with Gasteiger partial charge in [-0.1, -0.05) is 38.5 Å². The summed E-state index contributed by atoms with van der Waals surface area (Å²) in [6, 6.07) is 7.90. The molecule has 1 aromatic heterocycles. The van der Waals surface area contributed by atoms with Gasteiger partial charge in [0.1, 0.15) is 10.9 Å². The van der Waals surface area contributed by atoms with Crippen molar-refractivity contribution >= 4 is 38.7 Å². The SMILES string of the molecule is CCCOC(=O)C1CSC(CCC)N1S(=O)(=O)c1cccc2cccnc12. The van der Waals surface area contributed by atoms with Gasteiger partial charge < -0.3 is 4.74 Å². The van der Waals surface area contributed by atoms with E-state index in [1.165, 1.54) is 16.1 Å². The maximum Gasteiger partial charge on any atom is 0.325 e. The molecule has 0 saturated carbocycles. The standard InChI is InChI=1S/C19H24N2O4S2/c1-3-7-17-21(15(13-26-17)19(22)25-12-4-2)27(23,24)16-10-5-8-14-9-6-11-20-18(14)16/h5-6,8-11,15,17H,3-4,7,12-13H2,1-2H3. The summed E-state index contributed by atoms with van der Waals surface area (Å²) in [5.74, 6) is -0.0651. The van der Waals surface area contributed by atoms with Crippen LogP contribution in [0.5, 0.6) is 0 Å². The van der Waals surface area contributed by atoms with Crippen LogP contribution in [0.1, 0.15) is 33.1 Å². The summed E-state index contributed by atoms with van der Waals surface area (Å²) in [4.78, 5) is 17.0. The molecule has 0 spiro atoms. The van der Waals surface area contributed by atoms with Gasteiger partial charge in [-0.3, -0.25) is 9.78 Å². The number of carbonyl (C=O) groups is 1. The van der Waals surface area contributed by atoms with E-state index < -0.39 is 22.0 Å². The normalized spacial score (nSPS) is 20.8. The number of esters is 1. The zero-order valence-electron chi connectivity index (χ0n) is 15.5. The Kier molecular flexibility index (Phi) is 6.39. The van der Waals surface area contributed by atoms with E-state index in [0.29, 0.717) is 30.7 Å². The Morgan fingerprint density at radius 1 is 1.26 bits per heavy atom. The van der Waals surface area contributed by atoms with Crippen LogP contribution < -0.4 is 0 Å². The van der Waals surface area contributed by atoms with Crippen molar-refractivity contribution in [3.05, 3.63) is 36.5 Å². The summed E-state index contributed by atoms with van der Waals surface area (Å²) >= 11 is 1.50. The topological polar surface area (TPSA) is 76.6 Å². The lowest BCUT2D eigenvalue weighted by Crippen LogP contribution is -2.46. The molecule has 6 nitrogen and oxygen atoms in total. The van der Waals surface area contributed by atoms with E-state index in [4.69, 9.17) is 4.74 Å². The minimum atomic E-state index is -3.91. The van der Waals surface area contributed by atoms with E-state index in [1.807, 2.05) is 26.0 Å². The van der Waals surface area contributed by atoms with Crippen LogP contribution in [0.25, 0.3) is 10.9 Å². The van der Waals surface area contributed by atoms with Crippen LogP contribution in [0, 0.1) is 0 Å². The third-order valence-corrected chi connectivity index (χ3v) is 7.88. The van der Waals surface area contributed by atoms with Crippen LogP contribution in [0.15, 0.2) is 41.4 Å². The number of benzene rings is 1. The molecule has 3 rings (SSSR count). The Bertz CT molecular complexity index is 912. The Labute approximate surface area is 164 Å². The molecule has 2 aromatic rings. The number of hydrogen-bond acceptors (Lipinski definition) is 6. The number of pyridine rings is 1. The number of ether oxygens (including phenoxy) is 1. The van der Waals surface area contributed by atoms with E-state index in [-0.39, 0.29) is 10.3 Å². The number of nitrogens with zero attached hydrogens (tertiary/aromatic N) is 2. The molecule has 0 N–H and O–H groups in total. The summed E-state index contributed by atoms with van der Waals surface area (Å²) in [6.45, 7) is 4.21. The Balaban J connectivity index is 2.05. The molecule has 2 unspecified atom stereocenters. The highest BCUT2D eigenvalue weighted by Crippen LogP contribution is 2.38. The Morgan fingerprint density at radius 3 is 2.78 bits per heavy atom. The average Bonchev–Trinajstić information content (AvgIpc) is 3.10. The molecule has 1 aromatic carbocycles. The van der Waals surface area contributed by atoms with Crippen LogP contribution in [0.2, 0.25) is 0 Å². The third kappa shape index (κ3) is 3.97. The number of aromatic nitrogens is 1. The maximum atomic E-state index is 13.6. The van der Waals surface area contributed by atoms with E-state index in [9.17, 15) is 13.2 Å². The van der Waals surface area contributed by atoms with Crippen molar-refractivity contribution in [1.29, 1.82) is 0 Å². The van der Waals surface area contributed by atoms with Gasteiger partial charge in [-0.25, -0.2) is 8.42 Å². The predicted octanol–water partition coefficient (Wildman–Crippen LogP) is 3.42. The predicted molar refractivity (Wildman–Crippen MR) is 107 cm³/mol. The minimum Gasteiger partial charge on any atom is -0.464 e. The zero-order chi connectivity index (χ0) is 19.4. The van der Waals surface area contributed by atoms with Gasteiger partial charge in [0, 0.05) is 17.3 Å². The maximum absolute atomic E-state index is 13.6. The fraction of sp³-hybridized carbons (Fsp3) is 0.474. The number of sulfonamides is 1. The molecule has 0 bridgehead atoms. The number of rotatable bonds is 7. The van der Waals surface area contributed by atoms with Crippen molar-refractivity contribution in [2.24, 2.45) is 0 Å². The van der Waals surface area contributed by atoms with Gasteiger partial charge in [0.2, 0.25) is 10.0 Å². The lowest BCUT2D eigenvalue weighted by molar-refractivity contribution is -0.147. The number of para-hydroxylation sites is 1. The Morgan fingerprint density at radius 2 is 2.04 bits per heavy atom. The van der Waals surface area contributed by atoms with Gasteiger partial charge in [-0.2, -0.15) is 4.31 Å². The van der Waals surface area contributed by atoms with E-state index >= 15 is 0 Å². The van der Waals surface area contributed by atoms with E-state index in [2.05, 4.69) is 4.98 Å². The molecule has 0 aliphatic carbocycles. The zero-order valence-corrected chi connectivity index (χ0v) is 17.1. The van der Waals surface area contributed by atoms with Crippen molar-refractivity contribution in [2.45, 2.75) is 49.4 Å². The molecule has 2 atom stereocenters. The van der Waals surface area contributed by atoms with Gasteiger partial charge in [-0.05, 0) is 25.0 Å². The first-order valence-electron chi connectivity index (χ1n) is 9.16. The number of carbonyl (C=O) groups excluding carboxylic acids is 1. The molecule has 1 aliphatic heterocycles. The van der Waals surface area contributed by atoms with Gasteiger partial charge in [0.25, 0.3) is 0 Å².